The van der Waals surface area contributed by atoms with Crippen LogP contribution in [0.2, 0.25) is 4.34 Å². The first-order chi connectivity index (χ1) is 7.72. The molecule has 0 spiro atoms. The predicted octanol–water partition coefficient (Wildman–Crippen LogP) is 3.22. The van der Waals surface area contributed by atoms with Gasteiger partial charge in [-0.1, -0.05) is 18.5 Å². The Morgan fingerprint density at radius 3 is 2.81 bits per heavy atom. The first kappa shape index (κ1) is 14.0. The van der Waals surface area contributed by atoms with Crippen molar-refractivity contribution in [1.29, 1.82) is 0 Å². The number of thiophene rings is 1. The van der Waals surface area contributed by atoms with Crippen LogP contribution in [0.4, 0.5) is 0 Å². The zero-order valence-corrected chi connectivity index (χ0v) is 11.7. The lowest BCUT2D eigenvalue weighted by Gasteiger charge is -2.15. The first-order valence-electron chi connectivity index (χ1n) is 5.86. The molecule has 0 aliphatic rings. The number of rotatable bonds is 8. The highest BCUT2D eigenvalue weighted by molar-refractivity contribution is 7.16. The van der Waals surface area contributed by atoms with Gasteiger partial charge in [-0.25, -0.2) is 0 Å². The predicted molar refractivity (Wildman–Crippen MR) is 73.4 cm³/mol. The van der Waals surface area contributed by atoms with Crippen molar-refractivity contribution in [2.24, 2.45) is 0 Å². The van der Waals surface area contributed by atoms with Crippen LogP contribution in [0.3, 0.4) is 0 Å². The minimum absolute atomic E-state index is 0.885. The standard InChI is InChI=1S/C12H21ClN2S/c1-3-14-8-4-5-9-15(2)10-11-6-7-12(13)16-11/h6-7,14H,3-5,8-10H2,1-2H3. The molecule has 0 atom stereocenters. The lowest BCUT2D eigenvalue weighted by atomic mass is 10.3. The van der Waals surface area contributed by atoms with E-state index in [1.54, 1.807) is 11.3 Å². The third-order valence-electron chi connectivity index (χ3n) is 2.45. The number of hydrogen-bond donors (Lipinski definition) is 1. The van der Waals surface area contributed by atoms with E-state index in [0.29, 0.717) is 0 Å². The number of hydrogen-bond acceptors (Lipinski definition) is 3. The lowest BCUT2D eigenvalue weighted by molar-refractivity contribution is 0.320. The summed E-state index contributed by atoms with van der Waals surface area (Å²) in [4.78, 5) is 3.70. The molecular formula is C12H21ClN2S. The molecule has 0 unspecified atom stereocenters. The van der Waals surface area contributed by atoms with Gasteiger partial charge in [-0.3, -0.25) is 0 Å². The summed E-state index contributed by atoms with van der Waals surface area (Å²) < 4.78 is 0.885. The molecule has 2 nitrogen and oxygen atoms in total. The van der Waals surface area contributed by atoms with Crippen molar-refractivity contribution in [1.82, 2.24) is 10.2 Å². The maximum atomic E-state index is 5.90. The van der Waals surface area contributed by atoms with Gasteiger partial charge in [0.2, 0.25) is 0 Å². The van der Waals surface area contributed by atoms with Crippen LogP contribution in [0.25, 0.3) is 0 Å². The van der Waals surface area contributed by atoms with Crippen LogP contribution < -0.4 is 5.32 Å². The van der Waals surface area contributed by atoms with Gasteiger partial charge in [0.05, 0.1) is 4.34 Å². The second-order valence-electron chi connectivity index (χ2n) is 4.00. The van der Waals surface area contributed by atoms with Crippen LogP contribution in [-0.4, -0.2) is 31.6 Å². The summed E-state index contributed by atoms with van der Waals surface area (Å²) in [6.45, 7) is 6.52. The van der Waals surface area contributed by atoms with Crippen molar-refractivity contribution < 1.29 is 0 Å². The van der Waals surface area contributed by atoms with Crippen LogP contribution in [-0.2, 0) is 6.54 Å². The van der Waals surface area contributed by atoms with Crippen molar-refractivity contribution in [3.8, 4) is 0 Å². The van der Waals surface area contributed by atoms with Gasteiger partial charge >= 0.3 is 0 Å². The van der Waals surface area contributed by atoms with Gasteiger partial charge in [-0.15, -0.1) is 11.3 Å². The summed E-state index contributed by atoms with van der Waals surface area (Å²) in [5.74, 6) is 0. The molecule has 0 saturated carbocycles. The van der Waals surface area contributed by atoms with Crippen LogP contribution in [0.1, 0.15) is 24.6 Å². The SMILES string of the molecule is CCNCCCCN(C)Cc1ccc(Cl)s1. The maximum absolute atomic E-state index is 5.90. The fraction of sp³-hybridized carbons (Fsp3) is 0.667. The van der Waals surface area contributed by atoms with Gasteiger partial charge in [0.25, 0.3) is 0 Å². The van der Waals surface area contributed by atoms with E-state index in [0.717, 1.165) is 30.5 Å². The normalized spacial score (nSPS) is 11.2. The van der Waals surface area contributed by atoms with Gasteiger partial charge in [0.15, 0.2) is 0 Å². The Labute approximate surface area is 108 Å². The van der Waals surface area contributed by atoms with Crippen LogP contribution >= 0.6 is 22.9 Å². The number of nitrogens with zero attached hydrogens (tertiary/aromatic N) is 1. The Kier molecular flexibility index (Phi) is 7.05. The van der Waals surface area contributed by atoms with Gasteiger partial charge in [-0.2, -0.15) is 0 Å². The van der Waals surface area contributed by atoms with Crippen molar-refractivity contribution >= 4 is 22.9 Å². The quantitative estimate of drug-likeness (QED) is 0.722. The van der Waals surface area contributed by atoms with Gasteiger partial charge in [0.1, 0.15) is 0 Å². The Bertz CT molecular complexity index is 288. The molecule has 1 heterocycles. The molecule has 4 heteroatoms. The topological polar surface area (TPSA) is 15.3 Å². The van der Waals surface area contributed by atoms with E-state index < -0.39 is 0 Å². The molecule has 1 rings (SSSR count). The first-order valence-corrected chi connectivity index (χ1v) is 7.05. The van der Waals surface area contributed by atoms with Gasteiger partial charge in [0, 0.05) is 11.4 Å². The second-order valence-corrected chi connectivity index (χ2v) is 5.80. The molecule has 0 radical (unpaired) electrons. The number of unbranched alkanes of at least 4 members (excludes halogenated alkanes) is 1. The highest BCUT2D eigenvalue weighted by Gasteiger charge is 2.02. The fourth-order valence-corrected chi connectivity index (χ4v) is 2.76. The van der Waals surface area contributed by atoms with E-state index in [1.165, 1.54) is 17.7 Å². The molecule has 0 aliphatic carbocycles. The highest BCUT2D eigenvalue weighted by Crippen LogP contribution is 2.22. The Morgan fingerprint density at radius 2 is 2.19 bits per heavy atom. The molecule has 16 heavy (non-hydrogen) atoms. The van der Waals surface area contributed by atoms with E-state index >= 15 is 0 Å². The fourth-order valence-electron chi connectivity index (χ4n) is 1.59. The van der Waals surface area contributed by atoms with Crippen molar-refractivity contribution in [2.75, 3.05) is 26.7 Å². The van der Waals surface area contributed by atoms with Gasteiger partial charge < -0.3 is 10.2 Å². The smallest absolute Gasteiger partial charge is 0.0931 e. The average Bonchev–Trinajstić information content (AvgIpc) is 2.63. The molecule has 1 aromatic rings. The zero-order valence-electron chi connectivity index (χ0n) is 10.1. The third-order valence-corrected chi connectivity index (χ3v) is 3.66. The molecule has 0 aromatic carbocycles. The van der Waals surface area contributed by atoms with Crippen molar-refractivity contribution in [3.63, 3.8) is 0 Å². The van der Waals surface area contributed by atoms with Gasteiger partial charge in [-0.05, 0) is 51.7 Å². The Hall–Kier alpha value is -0.0900. The average molecular weight is 261 g/mol. The molecule has 92 valence electrons. The molecular weight excluding hydrogens is 240 g/mol. The molecule has 1 aromatic heterocycles. The number of halogens is 1. The van der Waals surface area contributed by atoms with E-state index in [2.05, 4.69) is 30.3 Å². The lowest BCUT2D eigenvalue weighted by Crippen LogP contribution is -2.20. The minimum Gasteiger partial charge on any atom is -0.317 e. The summed E-state index contributed by atoms with van der Waals surface area (Å²) in [6, 6.07) is 4.09. The van der Waals surface area contributed by atoms with Crippen LogP contribution in [0, 0.1) is 0 Å². The molecule has 0 aliphatic heterocycles. The van der Waals surface area contributed by atoms with Crippen molar-refractivity contribution in [2.45, 2.75) is 26.3 Å². The minimum atomic E-state index is 0.885. The summed E-state index contributed by atoms with van der Waals surface area (Å²) in [6.07, 6.45) is 2.51. The number of nitrogens with one attached hydrogen (secondary N) is 1. The summed E-state index contributed by atoms with van der Waals surface area (Å²) in [5, 5.41) is 3.34. The molecule has 1 N–H and O–H groups in total. The van der Waals surface area contributed by atoms with E-state index in [1.807, 2.05) is 6.07 Å². The highest BCUT2D eigenvalue weighted by atomic mass is 35.5. The van der Waals surface area contributed by atoms with Crippen LogP contribution in [0.5, 0.6) is 0 Å². The summed E-state index contributed by atoms with van der Waals surface area (Å²) in [5.41, 5.74) is 0. The van der Waals surface area contributed by atoms with E-state index in [4.69, 9.17) is 11.6 Å². The monoisotopic (exact) mass is 260 g/mol. The molecule has 0 saturated heterocycles. The van der Waals surface area contributed by atoms with Crippen LogP contribution in [0.15, 0.2) is 12.1 Å². The Balaban J connectivity index is 2.09. The molecule has 0 fully saturated rings. The third kappa shape index (κ3) is 5.85. The second kappa shape index (κ2) is 8.07. The molecule has 0 bridgehead atoms. The largest absolute Gasteiger partial charge is 0.317 e. The summed E-state index contributed by atoms with van der Waals surface area (Å²) in [7, 11) is 2.17. The van der Waals surface area contributed by atoms with E-state index in [9.17, 15) is 0 Å². The van der Waals surface area contributed by atoms with Crippen molar-refractivity contribution in [3.05, 3.63) is 21.3 Å². The maximum Gasteiger partial charge on any atom is 0.0931 e. The Morgan fingerprint density at radius 1 is 1.38 bits per heavy atom. The summed E-state index contributed by atoms with van der Waals surface area (Å²) >= 11 is 7.57. The zero-order chi connectivity index (χ0) is 11.8. The van der Waals surface area contributed by atoms with E-state index in [-0.39, 0.29) is 0 Å². The molecule has 0 amide bonds.